The minimum atomic E-state index is 0.203. The molecule has 0 N–H and O–H groups in total. The van der Waals surface area contributed by atoms with Crippen LogP contribution < -0.4 is 4.74 Å². The first-order chi connectivity index (χ1) is 8.75. The topological polar surface area (TPSA) is 57.0 Å². The third kappa shape index (κ3) is 1.77. The van der Waals surface area contributed by atoms with Gasteiger partial charge in [-0.2, -0.15) is 0 Å². The molecule has 5 heteroatoms. The molecule has 0 saturated heterocycles. The van der Waals surface area contributed by atoms with E-state index in [1.165, 1.54) is 0 Å². The van der Waals surface area contributed by atoms with Crippen molar-refractivity contribution in [3.63, 3.8) is 0 Å². The van der Waals surface area contributed by atoms with Gasteiger partial charge in [0.05, 0.1) is 0 Å². The summed E-state index contributed by atoms with van der Waals surface area (Å²) in [7, 11) is 1.87. The Bertz CT molecular complexity index is 604. The van der Waals surface area contributed by atoms with Gasteiger partial charge in [-0.05, 0) is 12.5 Å². The van der Waals surface area contributed by atoms with Crippen molar-refractivity contribution in [1.29, 1.82) is 0 Å². The molecular formula is C13H13N3O2. The van der Waals surface area contributed by atoms with Gasteiger partial charge >= 0.3 is 0 Å². The molecule has 1 aromatic heterocycles. The molecule has 0 unspecified atom stereocenters. The number of carbonyl (C=O) groups is 1. The molecule has 0 aliphatic heterocycles. The lowest BCUT2D eigenvalue weighted by molar-refractivity contribution is 0.0994. The summed E-state index contributed by atoms with van der Waals surface area (Å²) in [5.41, 5.74) is 1.81. The Labute approximate surface area is 104 Å². The number of Topliss-reactive ketones (excluding diaryl/α,β-unsaturated/α-hetero) is 1. The maximum absolute atomic E-state index is 11.6. The van der Waals surface area contributed by atoms with Gasteiger partial charge in [0, 0.05) is 24.6 Å². The van der Waals surface area contributed by atoms with Crippen LogP contribution in [0, 0.1) is 0 Å². The highest BCUT2D eigenvalue weighted by Gasteiger charge is 2.22. The van der Waals surface area contributed by atoms with E-state index in [1.807, 2.05) is 29.8 Å². The average molecular weight is 243 g/mol. The molecule has 3 rings (SSSR count). The molecule has 1 heterocycles. The highest BCUT2D eigenvalue weighted by molar-refractivity contribution is 6.01. The quantitative estimate of drug-likeness (QED) is 0.820. The van der Waals surface area contributed by atoms with Crippen molar-refractivity contribution >= 4 is 5.78 Å². The molecule has 0 spiro atoms. The molecule has 1 aliphatic rings. The van der Waals surface area contributed by atoms with Crippen LogP contribution in [0.25, 0.3) is 0 Å². The minimum absolute atomic E-state index is 0.203. The summed E-state index contributed by atoms with van der Waals surface area (Å²) in [5, 5.41) is 7.76. The number of carbonyl (C=O) groups excluding carboxylic acids is 1. The third-order valence-electron chi connectivity index (χ3n) is 3.20. The summed E-state index contributed by atoms with van der Waals surface area (Å²) < 4.78 is 7.56. The number of nitrogens with zero attached hydrogens (tertiary/aromatic N) is 3. The molecule has 92 valence electrons. The Morgan fingerprint density at radius 3 is 3.06 bits per heavy atom. The molecule has 0 amide bonds. The van der Waals surface area contributed by atoms with Crippen molar-refractivity contribution in [2.24, 2.45) is 7.05 Å². The van der Waals surface area contributed by atoms with Crippen LogP contribution in [0.1, 0.15) is 28.2 Å². The Balaban J connectivity index is 1.82. The van der Waals surface area contributed by atoms with Gasteiger partial charge in [-0.25, -0.2) is 0 Å². The van der Waals surface area contributed by atoms with Crippen molar-refractivity contribution in [2.75, 3.05) is 0 Å². The fourth-order valence-electron chi connectivity index (χ4n) is 2.17. The van der Waals surface area contributed by atoms with E-state index in [-0.39, 0.29) is 5.78 Å². The summed E-state index contributed by atoms with van der Waals surface area (Å²) in [4.78, 5) is 11.6. The van der Waals surface area contributed by atoms with Crippen LogP contribution in [0.15, 0.2) is 24.5 Å². The lowest BCUT2D eigenvalue weighted by Gasteiger charge is -2.09. The number of rotatable bonds is 3. The predicted octanol–water partition coefficient (Wildman–Crippen LogP) is 1.52. The zero-order valence-electron chi connectivity index (χ0n) is 10.1. The van der Waals surface area contributed by atoms with Crippen LogP contribution in [0.4, 0.5) is 0 Å². The van der Waals surface area contributed by atoms with Crippen LogP contribution in [0.3, 0.4) is 0 Å². The summed E-state index contributed by atoms with van der Waals surface area (Å²) in [6, 6.07) is 5.61. The van der Waals surface area contributed by atoms with Gasteiger partial charge in [0.15, 0.2) is 11.6 Å². The summed E-state index contributed by atoms with van der Waals surface area (Å²) in [6.07, 6.45) is 2.99. The maximum atomic E-state index is 11.6. The van der Waals surface area contributed by atoms with Crippen LogP contribution >= 0.6 is 0 Å². The molecule has 0 bridgehead atoms. The predicted molar refractivity (Wildman–Crippen MR) is 64.4 cm³/mol. The zero-order valence-corrected chi connectivity index (χ0v) is 10.1. The van der Waals surface area contributed by atoms with E-state index in [0.29, 0.717) is 13.0 Å². The van der Waals surface area contributed by atoms with Gasteiger partial charge < -0.3 is 9.30 Å². The van der Waals surface area contributed by atoms with Crippen LogP contribution in [0.2, 0.25) is 0 Å². The maximum Gasteiger partial charge on any atom is 0.170 e. The first kappa shape index (κ1) is 11.0. The van der Waals surface area contributed by atoms with Gasteiger partial charge in [0.1, 0.15) is 18.7 Å². The summed E-state index contributed by atoms with van der Waals surface area (Å²) in [5.74, 6) is 1.74. The van der Waals surface area contributed by atoms with Gasteiger partial charge in [0.2, 0.25) is 0 Å². The lowest BCUT2D eigenvalue weighted by Crippen LogP contribution is -2.04. The fraction of sp³-hybridized carbons (Fsp3) is 0.308. The Morgan fingerprint density at radius 2 is 2.28 bits per heavy atom. The first-order valence-corrected chi connectivity index (χ1v) is 5.86. The second-order valence-corrected chi connectivity index (χ2v) is 4.35. The van der Waals surface area contributed by atoms with Gasteiger partial charge in [0.25, 0.3) is 0 Å². The molecule has 18 heavy (non-hydrogen) atoms. The van der Waals surface area contributed by atoms with E-state index >= 15 is 0 Å². The number of hydrogen-bond donors (Lipinski definition) is 0. The SMILES string of the molecule is Cn1cnnc1COc1cccc2c1CCC2=O. The molecule has 0 atom stereocenters. The molecule has 0 fully saturated rings. The fourth-order valence-corrected chi connectivity index (χ4v) is 2.17. The van der Waals surface area contributed by atoms with Crippen molar-refractivity contribution in [1.82, 2.24) is 14.8 Å². The van der Waals surface area contributed by atoms with Crippen molar-refractivity contribution in [3.8, 4) is 5.75 Å². The number of ether oxygens (including phenoxy) is 1. The molecule has 1 aromatic carbocycles. The number of ketones is 1. The second-order valence-electron chi connectivity index (χ2n) is 4.35. The van der Waals surface area contributed by atoms with Crippen molar-refractivity contribution < 1.29 is 9.53 Å². The van der Waals surface area contributed by atoms with Gasteiger partial charge in [-0.3, -0.25) is 4.79 Å². The van der Waals surface area contributed by atoms with E-state index in [9.17, 15) is 4.79 Å². The number of benzene rings is 1. The molecule has 0 radical (unpaired) electrons. The molecule has 1 aliphatic carbocycles. The van der Waals surface area contributed by atoms with E-state index in [1.54, 1.807) is 6.33 Å². The largest absolute Gasteiger partial charge is 0.485 e. The summed E-state index contributed by atoms with van der Waals surface area (Å²) >= 11 is 0. The van der Waals surface area contributed by atoms with E-state index in [4.69, 9.17) is 4.74 Å². The number of aromatic nitrogens is 3. The minimum Gasteiger partial charge on any atom is -0.485 e. The van der Waals surface area contributed by atoms with E-state index < -0.39 is 0 Å². The third-order valence-corrected chi connectivity index (χ3v) is 3.20. The Hall–Kier alpha value is -2.17. The molecule has 5 nitrogen and oxygen atoms in total. The number of hydrogen-bond acceptors (Lipinski definition) is 4. The average Bonchev–Trinajstić information content (AvgIpc) is 2.95. The summed E-state index contributed by atoms with van der Waals surface area (Å²) in [6.45, 7) is 0.362. The van der Waals surface area contributed by atoms with Crippen molar-refractivity contribution in [2.45, 2.75) is 19.4 Å². The van der Waals surface area contributed by atoms with Gasteiger partial charge in [-0.15, -0.1) is 10.2 Å². The Kier molecular flexibility index (Phi) is 2.59. The van der Waals surface area contributed by atoms with Crippen LogP contribution in [-0.4, -0.2) is 20.5 Å². The van der Waals surface area contributed by atoms with E-state index in [2.05, 4.69) is 10.2 Å². The normalized spacial score (nSPS) is 13.7. The second kappa shape index (κ2) is 4.25. The standard InChI is InChI=1S/C13H13N3O2/c1-16-8-14-15-13(16)7-18-12-4-2-3-9-10(12)5-6-11(9)17/h2-4,8H,5-7H2,1H3. The monoisotopic (exact) mass is 243 g/mol. The van der Waals surface area contributed by atoms with Crippen LogP contribution in [0.5, 0.6) is 5.75 Å². The number of fused-ring (bicyclic) bond motifs is 1. The highest BCUT2D eigenvalue weighted by Crippen LogP contribution is 2.30. The van der Waals surface area contributed by atoms with Crippen molar-refractivity contribution in [3.05, 3.63) is 41.5 Å². The highest BCUT2D eigenvalue weighted by atomic mass is 16.5. The van der Waals surface area contributed by atoms with E-state index in [0.717, 1.165) is 29.1 Å². The Morgan fingerprint density at radius 1 is 1.39 bits per heavy atom. The zero-order chi connectivity index (χ0) is 12.5. The molecule has 2 aromatic rings. The lowest BCUT2D eigenvalue weighted by atomic mass is 10.1. The molecular weight excluding hydrogens is 230 g/mol. The van der Waals surface area contributed by atoms with Crippen LogP contribution in [-0.2, 0) is 20.1 Å². The number of aryl methyl sites for hydroxylation is 1. The molecule has 0 saturated carbocycles. The smallest absolute Gasteiger partial charge is 0.170 e. The van der Waals surface area contributed by atoms with Gasteiger partial charge in [-0.1, -0.05) is 12.1 Å². The first-order valence-electron chi connectivity index (χ1n) is 5.86.